The molecular formula is C45H56N8O10S. The van der Waals surface area contributed by atoms with Gasteiger partial charge in [-0.3, -0.25) is 4.79 Å². The monoisotopic (exact) mass is 900 g/mol. The Hall–Kier alpha value is -6.01. The van der Waals surface area contributed by atoms with Gasteiger partial charge in [0.25, 0.3) is 0 Å². The lowest BCUT2D eigenvalue weighted by molar-refractivity contribution is -0.150. The van der Waals surface area contributed by atoms with Gasteiger partial charge in [-0.15, -0.1) is 0 Å². The molecule has 5 atom stereocenters. The number of ether oxygens (including phenoxy) is 6. The van der Waals surface area contributed by atoms with Gasteiger partial charge in [-0.1, -0.05) is 66.1 Å². The molecule has 6 rings (SSSR count). The third-order valence-electron chi connectivity index (χ3n) is 10.9. The van der Waals surface area contributed by atoms with Crippen LogP contribution in [0.25, 0.3) is 10.4 Å². The fraction of sp³-hybridized carbons (Fsp3) is 0.489. The summed E-state index contributed by atoms with van der Waals surface area (Å²) >= 11 is 1.88. The molecular weight excluding hydrogens is 845 g/mol. The number of methoxy groups -OCH3 is 1. The summed E-state index contributed by atoms with van der Waals surface area (Å²) in [6, 6.07) is 24.3. The summed E-state index contributed by atoms with van der Waals surface area (Å²) in [4.78, 5) is 57.3. The van der Waals surface area contributed by atoms with Crippen LogP contribution in [-0.2, 0) is 46.2 Å². The molecule has 3 unspecified atom stereocenters. The highest BCUT2D eigenvalue weighted by molar-refractivity contribution is 8.00. The van der Waals surface area contributed by atoms with Crippen molar-refractivity contribution in [2.75, 3.05) is 65.6 Å². The first-order valence-electron chi connectivity index (χ1n) is 21.5. The number of nitrogens with one attached hydrogen (secondary N) is 4. The van der Waals surface area contributed by atoms with E-state index in [1.807, 2.05) is 66.4 Å². The van der Waals surface area contributed by atoms with Gasteiger partial charge in [0, 0.05) is 53.8 Å². The minimum atomic E-state index is -1.47. The van der Waals surface area contributed by atoms with Crippen molar-refractivity contribution >= 4 is 41.7 Å². The van der Waals surface area contributed by atoms with Crippen molar-refractivity contribution in [3.63, 3.8) is 0 Å². The molecule has 342 valence electrons. The average molecular weight is 901 g/mol. The molecule has 3 aliphatic heterocycles. The Morgan fingerprint density at radius 3 is 2.42 bits per heavy atom. The Balaban J connectivity index is 0.828. The molecule has 0 saturated carbocycles. The first kappa shape index (κ1) is 47.5. The molecule has 0 spiro atoms. The maximum absolute atomic E-state index is 13.7. The number of thioether (sulfide) groups is 1. The third-order valence-corrected chi connectivity index (χ3v) is 12.4. The van der Waals surface area contributed by atoms with E-state index in [4.69, 9.17) is 38.9 Å². The van der Waals surface area contributed by atoms with Gasteiger partial charge in [-0.25, -0.2) is 19.4 Å². The lowest BCUT2D eigenvalue weighted by Gasteiger charge is -2.30. The predicted molar refractivity (Wildman–Crippen MR) is 239 cm³/mol. The molecule has 0 bridgehead atoms. The Morgan fingerprint density at radius 1 is 0.906 bits per heavy atom. The summed E-state index contributed by atoms with van der Waals surface area (Å²) in [5.74, 6) is 1.21. The molecule has 19 heteroatoms. The van der Waals surface area contributed by atoms with Gasteiger partial charge >= 0.3 is 18.1 Å². The Kier molecular flexibility index (Phi) is 18.3. The average Bonchev–Trinajstić information content (AvgIpc) is 4.00. The predicted octanol–water partition coefficient (Wildman–Crippen LogP) is 5.54. The van der Waals surface area contributed by atoms with Crippen LogP contribution in [0.15, 0.2) is 89.0 Å². The van der Waals surface area contributed by atoms with Crippen molar-refractivity contribution in [3.8, 4) is 5.75 Å². The van der Waals surface area contributed by atoms with Gasteiger partial charge in [0.15, 0.2) is 6.10 Å². The first-order valence-corrected chi connectivity index (χ1v) is 22.6. The summed E-state index contributed by atoms with van der Waals surface area (Å²) in [6.45, 7) is 2.58. The fourth-order valence-corrected chi connectivity index (χ4v) is 9.29. The molecule has 3 aromatic carbocycles. The fourth-order valence-electron chi connectivity index (χ4n) is 7.74. The highest BCUT2D eigenvalue weighted by Gasteiger charge is 2.55. The zero-order chi connectivity index (χ0) is 45.0. The first-order chi connectivity index (χ1) is 31.3. The van der Waals surface area contributed by atoms with Crippen LogP contribution in [0.4, 0.5) is 9.59 Å². The number of nitrogens with zero attached hydrogens (tertiary/aromatic N) is 4. The molecule has 4 amide bonds. The number of carbonyl (C=O) groups excluding carboxylic acids is 4. The van der Waals surface area contributed by atoms with Crippen LogP contribution >= 0.6 is 11.8 Å². The van der Waals surface area contributed by atoms with Crippen LogP contribution in [0.2, 0.25) is 0 Å². The number of azide groups is 1. The molecule has 4 N–H and O–H groups in total. The number of urea groups is 1. The van der Waals surface area contributed by atoms with Gasteiger partial charge in [0.1, 0.15) is 5.75 Å². The number of rotatable bonds is 26. The quantitative estimate of drug-likeness (QED) is 0.0195. The van der Waals surface area contributed by atoms with Crippen LogP contribution in [-0.4, -0.2) is 118 Å². The molecule has 3 aliphatic rings. The zero-order valence-electron chi connectivity index (χ0n) is 35.9. The van der Waals surface area contributed by atoms with E-state index in [0.717, 1.165) is 30.6 Å². The van der Waals surface area contributed by atoms with Crippen molar-refractivity contribution in [2.24, 2.45) is 10.1 Å². The van der Waals surface area contributed by atoms with E-state index in [1.165, 1.54) is 7.11 Å². The van der Waals surface area contributed by atoms with Gasteiger partial charge in [-0.05, 0) is 59.3 Å². The van der Waals surface area contributed by atoms with E-state index in [0.29, 0.717) is 73.5 Å². The summed E-state index contributed by atoms with van der Waals surface area (Å²) in [5, 5.41) is 15.6. The Labute approximate surface area is 376 Å². The van der Waals surface area contributed by atoms with E-state index in [1.54, 1.807) is 24.3 Å². The Bertz CT molecular complexity index is 2090. The van der Waals surface area contributed by atoms with Crippen molar-refractivity contribution in [2.45, 2.75) is 74.0 Å². The van der Waals surface area contributed by atoms with Crippen molar-refractivity contribution in [1.29, 1.82) is 0 Å². The number of carbonyl (C=O) groups is 4. The largest absolute Gasteiger partial charge is 0.493 e. The van der Waals surface area contributed by atoms with Gasteiger partial charge in [0.05, 0.1) is 65.4 Å². The highest BCUT2D eigenvalue weighted by atomic mass is 32.2. The summed E-state index contributed by atoms with van der Waals surface area (Å²) in [5.41, 5.74) is 10.4. The second-order valence-corrected chi connectivity index (χ2v) is 16.6. The molecule has 2 fully saturated rings. The van der Waals surface area contributed by atoms with Crippen LogP contribution in [0, 0.1) is 0 Å². The summed E-state index contributed by atoms with van der Waals surface area (Å²) in [6.07, 6.45) is 2.41. The van der Waals surface area contributed by atoms with E-state index in [2.05, 4.69) is 31.3 Å². The van der Waals surface area contributed by atoms with Crippen LogP contribution < -0.4 is 26.0 Å². The van der Waals surface area contributed by atoms with Gasteiger partial charge in [0.2, 0.25) is 17.3 Å². The van der Waals surface area contributed by atoms with Gasteiger partial charge < -0.3 is 49.7 Å². The molecule has 2 saturated heterocycles. The van der Waals surface area contributed by atoms with Crippen molar-refractivity contribution in [3.05, 3.63) is 112 Å². The topological polar surface area (TPSA) is 233 Å². The minimum absolute atomic E-state index is 0.000560. The number of amides is 4. The number of fused-ring (bicyclic) bond motifs is 1. The number of aliphatic imine (C=N–C) groups is 1. The molecule has 18 nitrogen and oxygen atoms in total. The number of esters is 1. The molecule has 0 aliphatic carbocycles. The van der Waals surface area contributed by atoms with Crippen molar-refractivity contribution in [1.82, 2.24) is 21.3 Å². The number of benzene rings is 3. The number of unbranched alkanes of at least 4 members (excludes halogenated alkanes) is 1. The molecule has 3 heterocycles. The van der Waals surface area contributed by atoms with Crippen molar-refractivity contribution < 1.29 is 47.6 Å². The molecule has 0 radical (unpaired) electrons. The SMILES string of the molecule is COC(=O)[C@@]1(Cc2ccccc2)N=C(c2ccc(OCCCOC(=O)NCCOCCOCCNC(=O)CCCCC3SCC4NC(=O)NC43)cc2)O[C@H]1c1ccccc1CN=[N+]=[N-]. The zero-order valence-corrected chi connectivity index (χ0v) is 36.7. The minimum Gasteiger partial charge on any atom is -0.493 e. The second kappa shape index (κ2) is 24.7. The number of hydrogen-bond donors (Lipinski definition) is 4. The maximum atomic E-state index is 13.7. The lowest BCUT2D eigenvalue weighted by Crippen LogP contribution is -2.44. The normalized spacial score (nSPS) is 20.7. The summed E-state index contributed by atoms with van der Waals surface area (Å²) in [7, 11) is 1.32. The Morgan fingerprint density at radius 2 is 1.66 bits per heavy atom. The smallest absolute Gasteiger partial charge is 0.407 e. The van der Waals surface area contributed by atoms with E-state index in [9.17, 15) is 19.2 Å². The molecule has 64 heavy (non-hydrogen) atoms. The summed E-state index contributed by atoms with van der Waals surface area (Å²) < 4.78 is 34.0. The third kappa shape index (κ3) is 13.5. The number of hydrogen-bond acceptors (Lipinski definition) is 13. The second-order valence-electron chi connectivity index (χ2n) is 15.3. The highest BCUT2D eigenvalue weighted by Crippen LogP contribution is 2.44. The standard InChI is InChI=1S/C45H56N8O10S/c1-58-42(55)45(28-31-10-3-2-4-11-31)40(35-13-6-5-12-33(35)29-49-53-46)63-41(52-45)32-16-18-34(19-17-32)61-22-9-23-62-44(57)48-21-25-60-27-26-59-24-20-47-38(54)15-8-7-14-37-39-36(30-64-37)50-43(56)51-39/h2-6,10-13,16-19,36-37,39-40H,7-9,14-15,20-30H2,1H3,(H,47,54)(H,48,57)(H2,50,51,56)/t36?,37?,39?,40-,45-/m0/s1. The lowest BCUT2D eigenvalue weighted by atomic mass is 9.81. The van der Waals surface area contributed by atoms with E-state index < -0.39 is 23.7 Å². The van der Waals surface area contributed by atoms with Crippen LogP contribution in [0.5, 0.6) is 5.75 Å². The van der Waals surface area contributed by atoms with E-state index >= 15 is 0 Å². The van der Waals surface area contributed by atoms with E-state index in [-0.39, 0.29) is 62.6 Å². The number of alkyl carbamates (subject to hydrolysis) is 1. The van der Waals surface area contributed by atoms with Crippen LogP contribution in [0.3, 0.4) is 0 Å². The molecule has 0 aromatic heterocycles. The van der Waals surface area contributed by atoms with Crippen LogP contribution in [0.1, 0.15) is 60.5 Å². The molecule has 3 aromatic rings. The van der Waals surface area contributed by atoms with Gasteiger partial charge in [-0.2, -0.15) is 11.8 Å². The maximum Gasteiger partial charge on any atom is 0.407 e.